The number of benzene rings is 1. The van der Waals surface area contributed by atoms with E-state index >= 15 is 0 Å². The molecule has 0 aliphatic carbocycles. The maximum Gasteiger partial charge on any atom is 0.413 e. The first kappa shape index (κ1) is 20.7. The first-order chi connectivity index (χ1) is 15.2. The van der Waals surface area contributed by atoms with Crippen molar-refractivity contribution >= 4 is 17.7 Å². The maximum atomic E-state index is 11.9. The molecule has 31 heavy (non-hydrogen) atoms. The molecule has 0 spiro atoms. The van der Waals surface area contributed by atoms with E-state index in [2.05, 4.69) is 39.1 Å². The van der Waals surface area contributed by atoms with Crippen LogP contribution in [0.4, 0.5) is 16.4 Å². The van der Waals surface area contributed by atoms with Gasteiger partial charge >= 0.3 is 6.09 Å². The molecule has 160 valence electrons. The minimum Gasteiger partial charge on any atom is -0.465 e. The molecule has 1 aromatic carbocycles. The predicted molar refractivity (Wildman–Crippen MR) is 118 cm³/mol. The number of aliphatic hydroxyl groups excluding tert-OH is 1. The van der Waals surface area contributed by atoms with E-state index < -0.39 is 6.09 Å². The lowest BCUT2D eigenvalue weighted by Crippen LogP contribution is -2.33. The zero-order chi connectivity index (χ0) is 21.6. The van der Waals surface area contributed by atoms with Crippen LogP contribution in [0.3, 0.4) is 0 Å². The second-order valence-corrected chi connectivity index (χ2v) is 7.39. The average molecular weight is 419 g/mol. The van der Waals surface area contributed by atoms with Crippen LogP contribution in [0.25, 0.3) is 11.5 Å². The van der Waals surface area contributed by atoms with E-state index in [-0.39, 0.29) is 19.0 Å². The molecule has 1 aliphatic heterocycles. The largest absolute Gasteiger partial charge is 0.465 e. The molecule has 0 saturated heterocycles. The van der Waals surface area contributed by atoms with Crippen LogP contribution in [0.2, 0.25) is 0 Å². The lowest BCUT2D eigenvalue weighted by Gasteiger charge is -2.24. The monoisotopic (exact) mass is 419 g/mol. The Hall–Kier alpha value is -3.52. The van der Waals surface area contributed by atoms with E-state index in [0.717, 1.165) is 30.8 Å². The number of carboxylic acid groups (broad SMARTS) is 1. The van der Waals surface area contributed by atoms with Crippen molar-refractivity contribution < 1.29 is 15.0 Å². The van der Waals surface area contributed by atoms with Crippen LogP contribution in [-0.2, 0) is 12.8 Å². The van der Waals surface area contributed by atoms with E-state index in [9.17, 15) is 15.0 Å². The number of anilines is 2. The van der Waals surface area contributed by atoms with Gasteiger partial charge in [0.05, 0.1) is 0 Å². The van der Waals surface area contributed by atoms with Gasteiger partial charge in [-0.25, -0.2) is 14.8 Å². The molecule has 0 atom stereocenters. The Morgan fingerprint density at radius 1 is 1.03 bits per heavy atom. The zero-order valence-corrected chi connectivity index (χ0v) is 17.2. The van der Waals surface area contributed by atoms with E-state index in [1.807, 2.05) is 12.1 Å². The predicted octanol–water partition coefficient (Wildman–Crippen LogP) is 3.01. The van der Waals surface area contributed by atoms with Crippen molar-refractivity contribution in [3.8, 4) is 11.5 Å². The van der Waals surface area contributed by atoms with Crippen LogP contribution in [0, 0.1) is 0 Å². The summed E-state index contributed by atoms with van der Waals surface area (Å²) in [6, 6.07) is 15.6. The van der Waals surface area contributed by atoms with E-state index in [4.69, 9.17) is 4.98 Å². The number of aromatic nitrogens is 3. The van der Waals surface area contributed by atoms with Gasteiger partial charge in [-0.3, -0.25) is 9.88 Å². The Morgan fingerprint density at radius 3 is 2.35 bits per heavy atom. The van der Waals surface area contributed by atoms with Crippen LogP contribution in [0.15, 0.2) is 54.7 Å². The summed E-state index contributed by atoms with van der Waals surface area (Å²) in [7, 11) is 0. The van der Waals surface area contributed by atoms with Crippen LogP contribution in [0.1, 0.15) is 17.5 Å². The summed E-state index contributed by atoms with van der Waals surface area (Å²) in [6.07, 6.45) is 2.65. The summed E-state index contributed by atoms with van der Waals surface area (Å²) in [6.45, 7) is 1.60. The first-order valence-corrected chi connectivity index (χ1v) is 10.4. The van der Waals surface area contributed by atoms with Crippen molar-refractivity contribution in [2.45, 2.75) is 19.3 Å². The Labute approximate surface area is 180 Å². The van der Waals surface area contributed by atoms with Crippen molar-refractivity contribution in [1.82, 2.24) is 15.0 Å². The van der Waals surface area contributed by atoms with Crippen molar-refractivity contribution in [1.29, 1.82) is 0 Å². The SMILES string of the molecule is O=C(O)N(CCCO)c1cc(N2CCc3ccccc3CC2)nc(-c2ccccn2)n1. The molecule has 4 rings (SSSR count). The van der Waals surface area contributed by atoms with Crippen molar-refractivity contribution in [3.05, 3.63) is 65.9 Å². The lowest BCUT2D eigenvalue weighted by atomic mass is 10.0. The average Bonchev–Trinajstić information content (AvgIpc) is 3.02. The Bertz CT molecular complexity index is 1020. The first-order valence-electron chi connectivity index (χ1n) is 10.4. The van der Waals surface area contributed by atoms with Gasteiger partial charge in [0.1, 0.15) is 17.3 Å². The van der Waals surface area contributed by atoms with Gasteiger partial charge in [-0.2, -0.15) is 0 Å². The summed E-state index contributed by atoms with van der Waals surface area (Å²) < 4.78 is 0. The molecule has 0 fully saturated rings. The summed E-state index contributed by atoms with van der Waals surface area (Å²) >= 11 is 0. The molecule has 1 amide bonds. The number of carbonyl (C=O) groups is 1. The highest BCUT2D eigenvalue weighted by atomic mass is 16.4. The van der Waals surface area contributed by atoms with Crippen LogP contribution < -0.4 is 9.80 Å². The van der Waals surface area contributed by atoms with Crippen LogP contribution >= 0.6 is 0 Å². The fourth-order valence-electron chi connectivity index (χ4n) is 3.77. The topological polar surface area (TPSA) is 103 Å². The molecule has 8 nitrogen and oxygen atoms in total. The Morgan fingerprint density at radius 2 is 1.74 bits per heavy atom. The zero-order valence-electron chi connectivity index (χ0n) is 17.2. The quantitative estimate of drug-likeness (QED) is 0.633. The summed E-state index contributed by atoms with van der Waals surface area (Å²) in [5.41, 5.74) is 3.25. The molecule has 0 saturated carbocycles. The van der Waals surface area contributed by atoms with Crippen molar-refractivity contribution in [2.75, 3.05) is 36.0 Å². The van der Waals surface area contributed by atoms with Gasteiger partial charge in [0.2, 0.25) is 0 Å². The fraction of sp³-hybridized carbons (Fsp3) is 0.304. The third-order valence-corrected chi connectivity index (χ3v) is 5.38. The third-order valence-electron chi connectivity index (χ3n) is 5.38. The third kappa shape index (κ3) is 4.80. The summed E-state index contributed by atoms with van der Waals surface area (Å²) in [4.78, 5) is 28.8. The number of hydrogen-bond donors (Lipinski definition) is 2. The molecule has 3 aromatic rings. The summed E-state index contributed by atoms with van der Waals surface area (Å²) in [5, 5.41) is 18.9. The minimum absolute atomic E-state index is 0.0980. The number of hydrogen-bond acceptors (Lipinski definition) is 6. The number of pyridine rings is 1. The van der Waals surface area contributed by atoms with Gasteiger partial charge in [0.25, 0.3) is 0 Å². The summed E-state index contributed by atoms with van der Waals surface area (Å²) in [5.74, 6) is 1.34. The molecule has 1 aliphatic rings. The molecule has 8 heteroatoms. The highest BCUT2D eigenvalue weighted by Crippen LogP contribution is 2.26. The van der Waals surface area contributed by atoms with E-state index in [1.165, 1.54) is 11.1 Å². The Kier molecular flexibility index (Phi) is 6.37. The van der Waals surface area contributed by atoms with Gasteiger partial charge < -0.3 is 15.1 Å². The normalized spacial score (nSPS) is 13.4. The number of aliphatic hydroxyl groups is 1. The number of amides is 1. The van der Waals surface area contributed by atoms with Gasteiger partial charge in [-0.1, -0.05) is 30.3 Å². The van der Waals surface area contributed by atoms with Gasteiger partial charge in [-0.15, -0.1) is 0 Å². The minimum atomic E-state index is -1.12. The molecule has 0 radical (unpaired) electrons. The van der Waals surface area contributed by atoms with Crippen molar-refractivity contribution in [3.63, 3.8) is 0 Å². The molecule has 0 unspecified atom stereocenters. The Balaban J connectivity index is 1.72. The molecular weight excluding hydrogens is 394 g/mol. The smallest absolute Gasteiger partial charge is 0.413 e. The second kappa shape index (κ2) is 9.53. The van der Waals surface area contributed by atoms with Gasteiger partial charge in [-0.05, 0) is 42.5 Å². The molecule has 3 heterocycles. The fourth-order valence-corrected chi connectivity index (χ4v) is 3.77. The maximum absolute atomic E-state index is 11.9. The van der Waals surface area contributed by atoms with Crippen LogP contribution in [-0.4, -0.2) is 57.5 Å². The van der Waals surface area contributed by atoms with Gasteiger partial charge in [0, 0.05) is 38.5 Å². The second-order valence-electron chi connectivity index (χ2n) is 7.39. The molecular formula is C23H25N5O3. The van der Waals surface area contributed by atoms with E-state index in [1.54, 1.807) is 18.3 Å². The number of fused-ring (bicyclic) bond motifs is 1. The van der Waals surface area contributed by atoms with Crippen LogP contribution in [0.5, 0.6) is 0 Å². The molecule has 0 bridgehead atoms. The number of nitrogens with zero attached hydrogens (tertiary/aromatic N) is 5. The standard InChI is InChI=1S/C23H25N5O3/c29-15-5-12-28(23(30)31)21-16-20(25-22(26-21)19-8-3-4-11-24-19)27-13-9-17-6-1-2-7-18(17)10-14-27/h1-4,6-8,11,16,29H,5,9-10,12-15H2,(H,30,31). The molecule has 2 aromatic heterocycles. The lowest BCUT2D eigenvalue weighted by molar-refractivity contribution is 0.200. The van der Waals surface area contributed by atoms with Gasteiger partial charge in [0.15, 0.2) is 5.82 Å². The van der Waals surface area contributed by atoms with E-state index in [0.29, 0.717) is 23.8 Å². The molecule has 2 N–H and O–H groups in total. The van der Waals surface area contributed by atoms with Crippen molar-refractivity contribution in [2.24, 2.45) is 0 Å². The highest BCUT2D eigenvalue weighted by molar-refractivity contribution is 5.85. The number of rotatable bonds is 6. The highest BCUT2D eigenvalue weighted by Gasteiger charge is 2.22.